The second-order valence-corrected chi connectivity index (χ2v) is 9.77. The Morgan fingerprint density at radius 3 is 2.50 bits per heavy atom. The number of nitrogens with zero attached hydrogens (tertiary/aromatic N) is 4. The normalized spacial score (nSPS) is 11.6. The van der Waals surface area contributed by atoms with E-state index in [1.54, 1.807) is 41.1 Å². The van der Waals surface area contributed by atoms with Gasteiger partial charge in [0.25, 0.3) is 10.0 Å². The number of pyridine rings is 1. The van der Waals surface area contributed by atoms with Gasteiger partial charge in [-0.25, -0.2) is 32.2 Å². The first-order valence-corrected chi connectivity index (χ1v) is 12.3. The first kappa shape index (κ1) is 23.9. The molecule has 182 valence electrons. The zero-order chi connectivity index (χ0) is 25.4. The average Bonchev–Trinajstić information content (AvgIpc) is 3.33. The molecule has 5 rings (SSSR count). The second-order valence-electron chi connectivity index (χ2n) is 7.32. The number of aromatic nitrogens is 4. The van der Waals surface area contributed by atoms with E-state index in [1.807, 2.05) is 4.72 Å². The molecule has 5 aromatic rings. The summed E-state index contributed by atoms with van der Waals surface area (Å²) in [5, 5.41) is 0.126. The maximum Gasteiger partial charge on any atom is 0.266 e. The largest absolute Gasteiger partial charge is 0.453 e. The van der Waals surface area contributed by atoms with Gasteiger partial charge >= 0.3 is 0 Å². The van der Waals surface area contributed by atoms with Crippen LogP contribution in [0.15, 0.2) is 78.2 Å². The molecule has 0 aliphatic carbocycles. The van der Waals surface area contributed by atoms with Crippen molar-refractivity contribution in [3.8, 4) is 22.8 Å². The van der Waals surface area contributed by atoms with Gasteiger partial charge in [0.2, 0.25) is 0 Å². The van der Waals surface area contributed by atoms with E-state index in [9.17, 15) is 12.8 Å². The van der Waals surface area contributed by atoms with Crippen LogP contribution in [0.5, 0.6) is 11.5 Å². The smallest absolute Gasteiger partial charge is 0.266 e. The van der Waals surface area contributed by atoms with Crippen LogP contribution in [0.1, 0.15) is 0 Å². The molecule has 36 heavy (non-hydrogen) atoms. The zero-order valence-corrected chi connectivity index (χ0v) is 20.2. The zero-order valence-electron chi connectivity index (χ0n) is 17.9. The molecule has 0 saturated heterocycles. The van der Waals surface area contributed by atoms with E-state index < -0.39 is 32.3 Å². The van der Waals surface area contributed by atoms with Gasteiger partial charge in [0.15, 0.2) is 22.5 Å². The fourth-order valence-electron chi connectivity index (χ4n) is 3.44. The number of fused-ring (bicyclic) bond motifs is 1. The summed E-state index contributed by atoms with van der Waals surface area (Å²) in [6, 6.07) is 11.1. The third-order valence-electron chi connectivity index (χ3n) is 5.03. The highest BCUT2D eigenvalue weighted by atomic mass is 35.5. The minimum Gasteiger partial charge on any atom is -0.453 e. The first-order chi connectivity index (χ1) is 17.2. The Morgan fingerprint density at radius 2 is 1.69 bits per heavy atom. The molecule has 1 N–H and O–H groups in total. The van der Waals surface area contributed by atoms with Crippen molar-refractivity contribution in [3.63, 3.8) is 0 Å². The van der Waals surface area contributed by atoms with E-state index in [0.717, 1.165) is 0 Å². The molecule has 3 aromatic heterocycles. The lowest BCUT2D eigenvalue weighted by atomic mass is 10.1. The molecule has 0 spiro atoms. The number of ether oxygens (including phenoxy) is 1. The average molecular weight is 548 g/mol. The summed E-state index contributed by atoms with van der Waals surface area (Å²) >= 11 is 12.0. The lowest BCUT2D eigenvalue weighted by Crippen LogP contribution is -2.16. The molecule has 3 heterocycles. The summed E-state index contributed by atoms with van der Waals surface area (Å²) in [6.07, 6.45) is 5.77. The monoisotopic (exact) mass is 547 g/mol. The lowest BCUT2D eigenvalue weighted by molar-refractivity contribution is 0.433. The summed E-state index contributed by atoms with van der Waals surface area (Å²) in [6.45, 7) is 0. The predicted octanol–water partition coefficient (Wildman–Crippen LogP) is 5.97. The predicted molar refractivity (Wildman–Crippen MR) is 130 cm³/mol. The van der Waals surface area contributed by atoms with Gasteiger partial charge < -0.3 is 4.74 Å². The number of anilines is 1. The number of nitrogens with one attached hydrogen (secondary N) is 1. The molecule has 13 heteroatoms. The van der Waals surface area contributed by atoms with Gasteiger partial charge in [-0.3, -0.25) is 9.12 Å². The number of benzene rings is 2. The minimum absolute atomic E-state index is 0.152. The van der Waals surface area contributed by atoms with E-state index in [-0.39, 0.29) is 16.7 Å². The van der Waals surface area contributed by atoms with E-state index in [4.69, 9.17) is 27.9 Å². The van der Waals surface area contributed by atoms with Crippen LogP contribution >= 0.6 is 23.2 Å². The molecule has 0 unspecified atom stereocenters. The van der Waals surface area contributed by atoms with Crippen LogP contribution in [-0.4, -0.2) is 27.8 Å². The summed E-state index contributed by atoms with van der Waals surface area (Å²) in [4.78, 5) is 10.7. The topological polar surface area (TPSA) is 98.5 Å². The molecule has 0 amide bonds. The van der Waals surface area contributed by atoms with Gasteiger partial charge in [-0.05, 0) is 30.3 Å². The summed E-state index contributed by atoms with van der Waals surface area (Å²) in [5.74, 6) is -3.10. The maximum atomic E-state index is 15.0. The number of hydrogen-bond donors (Lipinski definition) is 1. The lowest BCUT2D eigenvalue weighted by Gasteiger charge is -2.15. The Hall–Kier alpha value is -3.80. The van der Waals surface area contributed by atoms with Gasteiger partial charge in [0, 0.05) is 47.5 Å². The van der Waals surface area contributed by atoms with Crippen molar-refractivity contribution < 1.29 is 21.9 Å². The molecule has 2 aromatic carbocycles. The minimum atomic E-state index is -4.59. The van der Waals surface area contributed by atoms with Crippen molar-refractivity contribution in [2.45, 2.75) is 4.90 Å². The second kappa shape index (κ2) is 9.34. The molecular formula is C23H13Cl2F2N5O3S. The summed E-state index contributed by atoms with van der Waals surface area (Å²) < 4.78 is 64.7. The maximum absolute atomic E-state index is 15.0. The quantitative estimate of drug-likeness (QED) is 0.281. The number of sulfonamides is 1. The molecule has 8 nitrogen and oxygen atoms in total. The summed E-state index contributed by atoms with van der Waals surface area (Å²) in [7, 11) is -4.59. The molecule has 0 aliphatic heterocycles. The highest BCUT2D eigenvalue weighted by Crippen LogP contribution is 2.37. The fraction of sp³-hybridized carbons (Fsp3) is 0. The number of rotatable bonds is 6. The highest BCUT2D eigenvalue weighted by molar-refractivity contribution is 7.92. The fourth-order valence-corrected chi connectivity index (χ4v) is 4.91. The molecule has 0 bridgehead atoms. The van der Waals surface area contributed by atoms with E-state index in [1.165, 1.54) is 24.5 Å². The molecule has 0 fully saturated rings. The van der Waals surface area contributed by atoms with Crippen molar-refractivity contribution in [3.05, 3.63) is 95.1 Å². The molecule has 0 aliphatic rings. The standard InChI is InChI=1S/C23H13Cl2F2N5O3S/c24-13-4-5-18(14(10-13)17-2-1-3-21-28-8-9-32(17)21)35-19-11-16(27)20(12-15(19)26)36(33,34)31-23-22(25)29-6-7-30-23/h1-12H,(H,30,31). The highest BCUT2D eigenvalue weighted by Gasteiger charge is 2.25. The van der Waals surface area contributed by atoms with Gasteiger partial charge in [0.1, 0.15) is 22.1 Å². The Balaban J connectivity index is 1.52. The van der Waals surface area contributed by atoms with Crippen LogP contribution < -0.4 is 9.46 Å². The van der Waals surface area contributed by atoms with Gasteiger partial charge in [-0.15, -0.1) is 0 Å². The van der Waals surface area contributed by atoms with Crippen molar-refractivity contribution in [2.24, 2.45) is 0 Å². The SMILES string of the molecule is O=S(=O)(Nc1nccnc1Cl)c1cc(F)c(Oc2ccc(Cl)cc2-c2cccc3nccn23)cc1F. The third-order valence-corrected chi connectivity index (χ3v) is 6.89. The van der Waals surface area contributed by atoms with Crippen molar-refractivity contribution >= 4 is 44.7 Å². The van der Waals surface area contributed by atoms with Gasteiger partial charge in [-0.2, -0.15) is 0 Å². The number of hydrogen-bond acceptors (Lipinski definition) is 6. The van der Waals surface area contributed by atoms with Gasteiger partial charge in [-0.1, -0.05) is 29.3 Å². The van der Waals surface area contributed by atoms with Crippen LogP contribution in [0.25, 0.3) is 16.9 Å². The van der Waals surface area contributed by atoms with Crippen LogP contribution in [-0.2, 0) is 10.0 Å². The van der Waals surface area contributed by atoms with E-state index in [2.05, 4.69) is 15.0 Å². The Labute approximate surface area is 213 Å². The van der Waals surface area contributed by atoms with Crippen LogP contribution in [0.4, 0.5) is 14.6 Å². The Bertz CT molecular complexity index is 1730. The summed E-state index contributed by atoms with van der Waals surface area (Å²) in [5.41, 5.74) is 1.76. The molecule has 0 radical (unpaired) electrons. The molecule has 0 saturated carbocycles. The third kappa shape index (κ3) is 4.55. The van der Waals surface area contributed by atoms with Crippen LogP contribution in [0, 0.1) is 11.6 Å². The Kier molecular flexibility index (Phi) is 6.20. The van der Waals surface area contributed by atoms with Gasteiger partial charge in [0.05, 0.1) is 5.69 Å². The van der Waals surface area contributed by atoms with E-state index >= 15 is 4.39 Å². The van der Waals surface area contributed by atoms with Crippen LogP contribution in [0.3, 0.4) is 0 Å². The Morgan fingerprint density at radius 1 is 0.889 bits per heavy atom. The van der Waals surface area contributed by atoms with Crippen molar-refractivity contribution in [2.75, 3.05) is 4.72 Å². The number of imidazole rings is 1. The number of halogens is 4. The molecular weight excluding hydrogens is 535 g/mol. The van der Waals surface area contributed by atoms with E-state index in [0.29, 0.717) is 34.1 Å². The van der Waals surface area contributed by atoms with Crippen molar-refractivity contribution in [1.82, 2.24) is 19.4 Å². The van der Waals surface area contributed by atoms with Crippen molar-refractivity contribution in [1.29, 1.82) is 0 Å². The first-order valence-electron chi connectivity index (χ1n) is 10.1. The molecule has 0 atom stereocenters. The van der Waals surface area contributed by atoms with Crippen LogP contribution in [0.2, 0.25) is 10.2 Å².